The molecule has 1 aliphatic rings. The Morgan fingerprint density at radius 1 is 1.23 bits per heavy atom. The Morgan fingerprint density at radius 2 is 2.08 bits per heavy atom. The van der Waals surface area contributed by atoms with Crippen LogP contribution in [-0.2, 0) is 0 Å². The lowest BCUT2D eigenvalue weighted by Crippen LogP contribution is -2.44. The molecule has 3 heterocycles. The summed E-state index contributed by atoms with van der Waals surface area (Å²) in [7, 11) is 1.53. The minimum Gasteiger partial charge on any atom is -0.477 e. The molecule has 26 heavy (non-hydrogen) atoms. The van der Waals surface area contributed by atoms with E-state index in [9.17, 15) is 4.79 Å². The SMILES string of the molecule is COc1nccnc1O[C@@H]1CCCN(C(=O)c2ccc3[nH]ccc3c2)C1. The smallest absolute Gasteiger partial charge is 0.278 e. The highest BCUT2D eigenvalue weighted by Gasteiger charge is 2.27. The van der Waals surface area contributed by atoms with Crippen molar-refractivity contribution in [3.05, 3.63) is 48.4 Å². The Bertz CT molecular complexity index is 924. The third-order valence-electron chi connectivity index (χ3n) is 4.57. The van der Waals surface area contributed by atoms with Crippen LogP contribution in [0, 0.1) is 0 Å². The van der Waals surface area contributed by atoms with Crippen molar-refractivity contribution in [2.24, 2.45) is 0 Å². The average molecular weight is 352 g/mol. The molecule has 3 aromatic rings. The molecular formula is C19H20N4O3. The number of aromatic nitrogens is 3. The summed E-state index contributed by atoms with van der Waals surface area (Å²) in [5, 5.41) is 1.03. The third-order valence-corrected chi connectivity index (χ3v) is 4.57. The van der Waals surface area contributed by atoms with Gasteiger partial charge in [0.05, 0.1) is 13.7 Å². The fourth-order valence-corrected chi connectivity index (χ4v) is 3.28. The number of carbonyl (C=O) groups is 1. The number of methoxy groups -OCH3 is 1. The Balaban J connectivity index is 1.48. The lowest BCUT2D eigenvalue weighted by atomic mass is 10.1. The van der Waals surface area contributed by atoms with Crippen LogP contribution in [0.15, 0.2) is 42.9 Å². The highest BCUT2D eigenvalue weighted by atomic mass is 16.5. The van der Waals surface area contributed by atoms with Crippen molar-refractivity contribution in [1.29, 1.82) is 0 Å². The summed E-state index contributed by atoms with van der Waals surface area (Å²) in [5.41, 5.74) is 1.71. The summed E-state index contributed by atoms with van der Waals surface area (Å²) < 4.78 is 11.1. The number of hydrogen-bond acceptors (Lipinski definition) is 5. The number of ether oxygens (including phenoxy) is 2. The summed E-state index contributed by atoms with van der Waals surface area (Å²) in [4.78, 5) is 26.2. The maximum atomic E-state index is 12.9. The van der Waals surface area contributed by atoms with Gasteiger partial charge in [-0.1, -0.05) is 0 Å². The van der Waals surface area contributed by atoms with Crippen LogP contribution in [-0.4, -0.2) is 52.1 Å². The van der Waals surface area contributed by atoms with Gasteiger partial charge in [0.2, 0.25) is 0 Å². The minimum absolute atomic E-state index is 0.0208. The van der Waals surface area contributed by atoms with E-state index in [1.54, 1.807) is 12.4 Å². The number of piperidine rings is 1. The second-order valence-corrected chi connectivity index (χ2v) is 6.28. The van der Waals surface area contributed by atoms with Gasteiger partial charge in [0.25, 0.3) is 17.7 Å². The fraction of sp³-hybridized carbons (Fsp3) is 0.316. The van der Waals surface area contributed by atoms with Gasteiger partial charge in [-0.05, 0) is 37.1 Å². The number of amides is 1. The van der Waals surface area contributed by atoms with Gasteiger partial charge in [-0.3, -0.25) is 4.79 Å². The molecule has 1 atom stereocenters. The Kier molecular flexibility index (Phi) is 4.43. The standard InChI is InChI=1S/C19H20N4O3/c1-25-17-18(22-9-8-21-17)26-15-3-2-10-23(12-15)19(24)14-4-5-16-13(11-14)6-7-20-16/h4-9,11,15,20H,2-3,10,12H2,1H3/t15-/m1/s1. The zero-order chi connectivity index (χ0) is 17.9. The van der Waals surface area contributed by atoms with E-state index in [1.807, 2.05) is 35.4 Å². The monoisotopic (exact) mass is 352 g/mol. The lowest BCUT2D eigenvalue weighted by molar-refractivity contribution is 0.0519. The number of H-pyrrole nitrogens is 1. The first-order valence-corrected chi connectivity index (χ1v) is 8.62. The Labute approximate surface area is 151 Å². The molecule has 134 valence electrons. The normalized spacial score (nSPS) is 17.3. The zero-order valence-corrected chi connectivity index (χ0v) is 14.5. The fourth-order valence-electron chi connectivity index (χ4n) is 3.28. The van der Waals surface area contributed by atoms with E-state index < -0.39 is 0 Å². The summed E-state index contributed by atoms with van der Waals surface area (Å²) in [6.07, 6.45) is 6.60. The molecule has 1 saturated heterocycles. The summed E-state index contributed by atoms with van der Waals surface area (Å²) >= 11 is 0. The molecule has 0 radical (unpaired) electrons. The highest BCUT2D eigenvalue weighted by Crippen LogP contribution is 2.25. The summed E-state index contributed by atoms with van der Waals surface area (Å²) in [5.74, 6) is 0.740. The van der Waals surface area contributed by atoms with Crippen LogP contribution in [0.1, 0.15) is 23.2 Å². The second-order valence-electron chi connectivity index (χ2n) is 6.28. The number of nitrogens with zero attached hydrogens (tertiary/aromatic N) is 3. The highest BCUT2D eigenvalue weighted by molar-refractivity contribution is 5.98. The molecule has 7 nitrogen and oxygen atoms in total. The van der Waals surface area contributed by atoms with E-state index >= 15 is 0 Å². The molecule has 4 rings (SSSR count). The molecule has 0 saturated carbocycles. The Morgan fingerprint density at radius 3 is 2.92 bits per heavy atom. The second kappa shape index (κ2) is 7.03. The van der Waals surface area contributed by atoms with Crippen molar-refractivity contribution in [3.8, 4) is 11.8 Å². The van der Waals surface area contributed by atoms with Crippen LogP contribution in [0.3, 0.4) is 0 Å². The van der Waals surface area contributed by atoms with Crippen molar-refractivity contribution in [3.63, 3.8) is 0 Å². The van der Waals surface area contributed by atoms with Gasteiger partial charge in [0.15, 0.2) is 0 Å². The molecule has 0 unspecified atom stereocenters. The van der Waals surface area contributed by atoms with E-state index in [0.29, 0.717) is 23.9 Å². The maximum absolute atomic E-state index is 12.9. The van der Waals surface area contributed by atoms with Gasteiger partial charge in [0.1, 0.15) is 6.10 Å². The first-order chi connectivity index (χ1) is 12.7. The average Bonchev–Trinajstić information content (AvgIpc) is 3.16. The molecule has 0 aliphatic carbocycles. The van der Waals surface area contributed by atoms with E-state index in [0.717, 1.165) is 30.3 Å². The van der Waals surface area contributed by atoms with E-state index in [4.69, 9.17) is 9.47 Å². The maximum Gasteiger partial charge on any atom is 0.278 e. The number of rotatable bonds is 4. The van der Waals surface area contributed by atoms with Crippen molar-refractivity contribution >= 4 is 16.8 Å². The van der Waals surface area contributed by atoms with Crippen LogP contribution in [0.5, 0.6) is 11.8 Å². The number of aromatic amines is 1. The summed E-state index contributed by atoms with van der Waals surface area (Å²) in [6, 6.07) is 7.68. The number of benzene rings is 1. The van der Waals surface area contributed by atoms with Gasteiger partial charge in [0, 0.05) is 41.6 Å². The molecule has 1 amide bonds. The van der Waals surface area contributed by atoms with Crippen LogP contribution < -0.4 is 9.47 Å². The first kappa shape index (κ1) is 16.4. The zero-order valence-electron chi connectivity index (χ0n) is 14.5. The van der Waals surface area contributed by atoms with Crippen molar-refractivity contribution in [2.45, 2.75) is 18.9 Å². The summed E-state index contributed by atoms with van der Waals surface area (Å²) in [6.45, 7) is 1.24. The molecule has 1 aromatic carbocycles. The van der Waals surface area contributed by atoms with Crippen LogP contribution in [0.2, 0.25) is 0 Å². The number of carbonyl (C=O) groups excluding carboxylic acids is 1. The van der Waals surface area contributed by atoms with Gasteiger partial charge < -0.3 is 19.4 Å². The predicted octanol–water partition coefficient (Wildman–Crippen LogP) is 2.65. The largest absolute Gasteiger partial charge is 0.477 e. The van der Waals surface area contributed by atoms with Gasteiger partial charge >= 0.3 is 0 Å². The molecule has 1 N–H and O–H groups in total. The predicted molar refractivity (Wildman–Crippen MR) is 96.4 cm³/mol. The van der Waals surface area contributed by atoms with Gasteiger partial charge in [-0.25, -0.2) is 9.97 Å². The van der Waals surface area contributed by atoms with Crippen LogP contribution >= 0.6 is 0 Å². The third kappa shape index (κ3) is 3.20. The van der Waals surface area contributed by atoms with Gasteiger partial charge in [-0.15, -0.1) is 0 Å². The van der Waals surface area contributed by atoms with E-state index in [2.05, 4.69) is 15.0 Å². The minimum atomic E-state index is -0.130. The van der Waals surface area contributed by atoms with E-state index in [1.165, 1.54) is 7.11 Å². The molecule has 1 aliphatic heterocycles. The van der Waals surface area contributed by atoms with Gasteiger partial charge in [-0.2, -0.15) is 0 Å². The van der Waals surface area contributed by atoms with Crippen LogP contribution in [0.25, 0.3) is 10.9 Å². The molecule has 0 spiro atoms. The van der Waals surface area contributed by atoms with Crippen molar-refractivity contribution in [2.75, 3.05) is 20.2 Å². The molecule has 0 bridgehead atoms. The molecule has 1 fully saturated rings. The molecule has 7 heteroatoms. The van der Waals surface area contributed by atoms with Crippen molar-refractivity contribution in [1.82, 2.24) is 19.9 Å². The lowest BCUT2D eigenvalue weighted by Gasteiger charge is -2.32. The topological polar surface area (TPSA) is 80.3 Å². The van der Waals surface area contributed by atoms with Crippen molar-refractivity contribution < 1.29 is 14.3 Å². The molecular weight excluding hydrogens is 332 g/mol. The number of likely N-dealkylation sites (tertiary alicyclic amines) is 1. The Hall–Kier alpha value is -3.09. The number of nitrogens with one attached hydrogen (secondary N) is 1. The number of hydrogen-bond donors (Lipinski definition) is 1. The van der Waals surface area contributed by atoms with E-state index in [-0.39, 0.29) is 12.0 Å². The number of fused-ring (bicyclic) bond motifs is 1. The first-order valence-electron chi connectivity index (χ1n) is 8.62. The quantitative estimate of drug-likeness (QED) is 0.781. The molecule has 2 aromatic heterocycles. The van der Waals surface area contributed by atoms with Crippen LogP contribution in [0.4, 0.5) is 0 Å².